The molecule has 1 aliphatic heterocycles. The molecule has 0 bridgehead atoms. The normalized spacial score (nSPS) is 13.9. The number of benzene rings is 1. The van der Waals surface area contributed by atoms with E-state index in [1.807, 2.05) is 29.2 Å². The second-order valence-electron chi connectivity index (χ2n) is 4.30. The molecule has 1 amide bonds. The largest absolute Gasteiger partial charge is 0.378 e. The highest BCUT2D eigenvalue weighted by Gasteiger charge is 2.25. The average molecular weight is 328 g/mol. The molecule has 0 saturated carbocycles. The molecule has 1 aliphatic rings. The fourth-order valence-corrected chi connectivity index (χ4v) is 2.28. The Kier molecular flexibility index (Phi) is 5.82. The summed E-state index contributed by atoms with van der Waals surface area (Å²) in [6.45, 7) is 3.74. The molecule has 0 fully saturated rings. The lowest BCUT2D eigenvalue weighted by atomic mass is 10.1. The maximum absolute atomic E-state index is 12.0. The minimum atomic E-state index is 0.106. The summed E-state index contributed by atoms with van der Waals surface area (Å²) >= 11 is 3.29. The second kappa shape index (κ2) is 7.62. The van der Waals surface area contributed by atoms with Gasteiger partial charge in [0.2, 0.25) is 0 Å². The summed E-state index contributed by atoms with van der Waals surface area (Å²) in [5.41, 5.74) is 1.93. The first-order chi connectivity index (χ1) is 9.33. The Morgan fingerprint density at radius 1 is 1.11 bits per heavy atom. The molecule has 1 aromatic rings. The summed E-state index contributed by atoms with van der Waals surface area (Å²) in [6.07, 6.45) is 0. The number of amides is 1. The zero-order valence-electron chi connectivity index (χ0n) is 10.8. The van der Waals surface area contributed by atoms with Crippen LogP contribution in [-0.2, 0) is 16.0 Å². The van der Waals surface area contributed by atoms with Crippen molar-refractivity contribution in [2.45, 2.75) is 6.54 Å². The third-order valence-corrected chi connectivity index (χ3v) is 3.32. The quantitative estimate of drug-likeness (QED) is 0.542. The van der Waals surface area contributed by atoms with Crippen molar-refractivity contribution < 1.29 is 14.3 Å². The van der Waals surface area contributed by atoms with E-state index in [1.54, 1.807) is 0 Å². The number of carbonyl (C=O) groups is 1. The van der Waals surface area contributed by atoms with Gasteiger partial charge in [0.05, 0.1) is 26.4 Å². The van der Waals surface area contributed by atoms with Crippen LogP contribution < -0.4 is 0 Å². The molecule has 0 N–H and O–H groups in total. The third kappa shape index (κ3) is 4.03. The van der Waals surface area contributed by atoms with Gasteiger partial charge in [-0.05, 0) is 11.6 Å². The molecule has 0 atom stereocenters. The molecule has 1 heterocycles. The Bertz CT molecular complexity index is 425. The molecule has 0 spiro atoms. The molecule has 5 heteroatoms. The molecular formula is C14H18BrNO3. The minimum absolute atomic E-state index is 0.106. The average Bonchev–Trinajstić information content (AvgIpc) is 2.75. The van der Waals surface area contributed by atoms with Crippen molar-refractivity contribution in [1.82, 2.24) is 4.90 Å². The molecule has 0 aliphatic carbocycles. The van der Waals surface area contributed by atoms with E-state index >= 15 is 0 Å². The molecule has 4 nitrogen and oxygen atoms in total. The first-order valence-corrected chi connectivity index (χ1v) is 7.53. The Morgan fingerprint density at radius 3 is 2.58 bits per heavy atom. The van der Waals surface area contributed by atoms with Crippen LogP contribution in [-0.4, -0.2) is 49.1 Å². The molecule has 2 rings (SSSR count). The topological polar surface area (TPSA) is 38.8 Å². The number of nitrogens with zero attached hydrogens (tertiary/aromatic N) is 1. The molecule has 104 valence electrons. The first-order valence-electron chi connectivity index (χ1n) is 6.41. The SMILES string of the molecule is O=C1c2ccccc2CN1CCOCCOCCBr. The van der Waals surface area contributed by atoms with Crippen LogP contribution in [0.15, 0.2) is 24.3 Å². The summed E-state index contributed by atoms with van der Waals surface area (Å²) < 4.78 is 10.7. The highest BCUT2D eigenvalue weighted by molar-refractivity contribution is 9.09. The van der Waals surface area contributed by atoms with Gasteiger partial charge in [0.1, 0.15) is 0 Å². The van der Waals surface area contributed by atoms with Gasteiger partial charge in [-0.1, -0.05) is 34.1 Å². The standard InChI is InChI=1S/C14H18BrNO3/c15-5-7-18-9-10-19-8-6-16-11-12-3-1-2-4-13(12)14(16)17/h1-4H,5-11H2. The maximum Gasteiger partial charge on any atom is 0.254 e. The first kappa shape index (κ1) is 14.5. The fraction of sp³-hybridized carbons (Fsp3) is 0.500. The Balaban J connectivity index is 1.65. The van der Waals surface area contributed by atoms with E-state index < -0.39 is 0 Å². The zero-order valence-corrected chi connectivity index (χ0v) is 12.4. The van der Waals surface area contributed by atoms with Crippen molar-refractivity contribution in [3.8, 4) is 0 Å². The van der Waals surface area contributed by atoms with Crippen LogP contribution in [0.4, 0.5) is 0 Å². The molecule has 19 heavy (non-hydrogen) atoms. The van der Waals surface area contributed by atoms with E-state index in [9.17, 15) is 4.79 Å². The second-order valence-corrected chi connectivity index (χ2v) is 5.09. The van der Waals surface area contributed by atoms with Gasteiger partial charge in [-0.2, -0.15) is 0 Å². The summed E-state index contributed by atoms with van der Waals surface area (Å²) in [5, 5.41) is 0.841. The van der Waals surface area contributed by atoms with Crippen LogP contribution in [0.25, 0.3) is 0 Å². The minimum Gasteiger partial charge on any atom is -0.378 e. The number of hydrogen-bond acceptors (Lipinski definition) is 3. The number of rotatable bonds is 8. The number of alkyl halides is 1. The molecule has 0 saturated heterocycles. The number of fused-ring (bicyclic) bond motifs is 1. The van der Waals surface area contributed by atoms with Gasteiger partial charge >= 0.3 is 0 Å². The van der Waals surface area contributed by atoms with Crippen molar-refractivity contribution in [2.75, 3.05) is 38.3 Å². The monoisotopic (exact) mass is 327 g/mol. The zero-order chi connectivity index (χ0) is 13.5. The van der Waals surface area contributed by atoms with Crippen LogP contribution in [0.5, 0.6) is 0 Å². The smallest absolute Gasteiger partial charge is 0.254 e. The van der Waals surface area contributed by atoms with Gasteiger partial charge in [-0.15, -0.1) is 0 Å². The van der Waals surface area contributed by atoms with Crippen molar-refractivity contribution in [1.29, 1.82) is 0 Å². The van der Waals surface area contributed by atoms with Gasteiger partial charge in [0.15, 0.2) is 0 Å². The number of hydrogen-bond donors (Lipinski definition) is 0. The Labute approximate surface area is 121 Å². The third-order valence-electron chi connectivity index (χ3n) is 3.00. The lowest BCUT2D eigenvalue weighted by Crippen LogP contribution is -2.28. The highest BCUT2D eigenvalue weighted by Crippen LogP contribution is 2.21. The number of ether oxygens (including phenoxy) is 2. The van der Waals surface area contributed by atoms with Crippen molar-refractivity contribution in [3.05, 3.63) is 35.4 Å². The number of carbonyl (C=O) groups excluding carboxylic acids is 1. The highest BCUT2D eigenvalue weighted by atomic mass is 79.9. The van der Waals surface area contributed by atoms with Crippen LogP contribution >= 0.6 is 15.9 Å². The van der Waals surface area contributed by atoms with E-state index in [0.717, 1.165) is 16.5 Å². The van der Waals surface area contributed by atoms with E-state index in [-0.39, 0.29) is 5.91 Å². The van der Waals surface area contributed by atoms with Crippen LogP contribution in [0.2, 0.25) is 0 Å². The van der Waals surface area contributed by atoms with E-state index in [1.165, 1.54) is 0 Å². The van der Waals surface area contributed by atoms with E-state index in [2.05, 4.69) is 15.9 Å². The van der Waals surface area contributed by atoms with Gasteiger partial charge < -0.3 is 14.4 Å². The lowest BCUT2D eigenvalue weighted by molar-refractivity contribution is 0.0408. The van der Waals surface area contributed by atoms with Crippen LogP contribution in [0.1, 0.15) is 15.9 Å². The Hall–Kier alpha value is -0.910. The maximum atomic E-state index is 12.0. The van der Waals surface area contributed by atoms with Gasteiger partial charge in [0.25, 0.3) is 5.91 Å². The lowest BCUT2D eigenvalue weighted by Gasteiger charge is -2.15. The van der Waals surface area contributed by atoms with Crippen LogP contribution in [0, 0.1) is 0 Å². The van der Waals surface area contributed by atoms with Gasteiger partial charge in [-0.25, -0.2) is 0 Å². The predicted octanol–water partition coefficient (Wildman–Crippen LogP) is 2.07. The fourth-order valence-electron chi connectivity index (χ4n) is 2.05. The number of halogens is 1. The summed E-state index contributed by atoms with van der Waals surface area (Å²) in [6, 6.07) is 7.75. The van der Waals surface area contributed by atoms with Crippen LogP contribution in [0.3, 0.4) is 0 Å². The molecule has 0 unspecified atom stereocenters. The Morgan fingerprint density at radius 2 is 1.84 bits per heavy atom. The summed E-state index contributed by atoms with van der Waals surface area (Å²) in [5.74, 6) is 0.106. The molecule has 0 radical (unpaired) electrons. The summed E-state index contributed by atoms with van der Waals surface area (Å²) in [4.78, 5) is 13.9. The molecular weight excluding hydrogens is 310 g/mol. The van der Waals surface area contributed by atoms with Gasteiger partial charge in [0, 0.05) is 24.0 Å². The van der Waals surface area contributed by atoms with Crippen molar-refractivity contribution >= 4 is 21.8 Å². The summed E-state index contributed by atoms with van der Waals surface area (Å²) in [7, 11) is 0. The predicted molar refractivity (Wildman–Crippen MR) is 76.6 cm³/mol. The van der Waals surface area contributed by atoms with Crippen molar-refractivity contribution in [3.63, 3.8) is 0 Å². The van der Waals surface area contributed by atoms with Crippen molar-refractivity contribution in [2.24, 2.45) is 0 Å². The van der Waals surface area contributed by atoms with Gasteiger partial charge in [-0.3, -0.25) is 4.79 Å². The molecule has 0 aromatic heterocycles. The van der Waals surface area contributed by atoms with E-state index in [4.69, 9.17) is 9.47 Å². The van der Waals surface area contributed by atoms with E-state index in [0.29, 0.717) is 39.5 Å². The molecule has 1 aromatic carbocycles.